The summed E-state index contributed by atoms with van der Waals surface area (Å²) in [5, 5.41) is 3.25. The highest BCUT2D eigenvalue weighted by molar-refractivity contribution is 5.94. The van der Waals surface area contributed by atoms with Gasteiger partial charge in [0.25, 0.3) is 5.91 Å². The predicted molar refractivity (Wildman–Crippen MR) is 140 cm³/mol. The van der Waals surface area contributed by atoms with Crippen LogP contribution in [0, 0.1) is 23.2 Å². The number of anilines is 1. The van der Waals surface area contributed by atoms with Gasteiger partial charge in [-0.25, -0.2) is 0 Å². The Labute approximate surface area is 214 Å². The number of hydrogen-bond acceptors (Lipinski definition) is 4. The van der Waals surface area contributed by atoms with Gasteiger partial charge < -0.3 is 19.9 Å². The number of ether oxygens (including phenoxy) is 1. The SMILES string of the molecule is COc1ccccc1N1CCN(C(=O)c2ccc(CNC(=O)C34CC5CC(CC(C5)C3)C4)cc2)CC1. The molecule has 1 saturated heterocycles. The van der Waals surface area contributed by atoms with Crippen molar-refractivity contribution in [1.82, 2.24) is 10.2 Å². The number of carbonyl (C=O) groups is 2. The quantitative estimate of drug-likeness (QED) is 0.652. The Morgan fingerprint density at radius 2 is 1.50 bits per heavy atom. The summed E-state index contributed by atoms with van der Waals surface area (Å²) in [6.07, 6.45) is 7.29. The van der Waals surface area contributed by atoms with Crippen molar-refractivity contribution < 1.29 is 14.3 Å². The van der Waals surface area contributed by atoms with Gasteiger partial charge >= 0.3 is 0 Å². The summed E-state index contributed by atoms with van der Waals surface area (Å²) in [5.41, 5.74) is 2.71. The Morgan fingerprint density at radius 1 is 0.889 bits per heavy atom. The molecule has 0 radical (unpaired) electrons. The molecule has 7 rings (SSSR count). The van der Waals surface area contributed by atoms with Crippen LogP contribution in [0.1, 0.15) is 54.4 Å². The van der Waals surface area contributed by atoms with Crippen molar-refractivity contribution in [1.29, 1.82) is 0 Å². The maximum Gasteiger partial charge on any atom is 0.253 e. The number of benzene rings is 2. The maximum atomic E-state index is 13.2. The summed E-state index contributed by atoms with van der Waals surface area (Å²) in [5.74, 6) is 3.49. The van der Waals surface area contributed by atoms with Gasteiger partial charge in [-0.2, -0.15) is 0 Å². The smallest absolute Gasteiger partial charge is 0.253 e. The van der Waals surface area contributed by atoms with E-state index in [2.05, 4.69) is 16.3 Å². The molecule has 6 nitrogen and oxygen atoms in total. The number of amides is 2. The third-order valence-electron chi connectivity index (χ3n) is 9.17. The molecule has 1 heterocycles. The molecule has 1 aliphatic heterocycles. The van der Waals surface area contributed by atoms with E-state index in [0.29, 0.717) is 25.2 Å². The Bertz CT molecular complexity index is 1090. The molecule has 190 valence electrons. The Kier molecular flexibility index (Phi) is 6.14. The second kappa shape index (κ2) is 9.45. The van der Waals surface area contributed by atoms with E-state index >= 15 is 0 Å². The third-order valence-corrected chi connectivity index (χ3v) is 9.17. The van der Waals surface area contributed by atoms with Crippen LogP contribution in [0.3, 0.4) is 0 Å². The molecule has 1 N–H and O–H groups in total. The Morgan fingerprint density at radius 3 is 2.11 bits per heavy atom. The van der Waals surface area contributed by atoms with Gasteiger partial charge in [0.05, 0.1) is 12.8 Å². The molecule has 2 aromatic carbocycles. The molecule has 4 bridgehead atoms. The summed E-state index contributed by atoms with van der Waals surface area (Å²) >= 11 is 0. The Balaban J connectivity index is 1.02. The van der Waals surface area contributed by atoms with Crippen molar-refractivity contribution in [2.75, 3.05) is 38.2 Å². The number of rotatable bonds is 6. The van der Waals surface area contributed by atoms with Crippen LogP contribution in [0.25, 0.3) is 0 Å². The highest BCUT2D eigenvalue weighted by Crippen LogP contribution is 2.60. The van der Waals surface area contributed by atoms with Crippen LogP contribution in [0.2, 0.25) is 0 Å². The maximum absolute atomic E-state index is 13.2. The van der Waals surface area contributed by atoms with Crippen molar-refractivity contribution in [3.8, 4) is 5.75 Å². The van der Waals surface area contributed by atoms with Crippen molar-refractivity contribution in [2.24, 2.45) is 23.2 Å². The van der Waals surface area contributed by atoms with Crippen molar-refractivity contribution >= 4 is 17.5 Å². The first kappa shape index (κ1) is 23.4. The van der Waals surface area contributed by atoms with Crippen LogP contribution >= 0.6 is 0 Å². The number of nitrogens with zero attached hydrogens (tertiary/aromatic N) is 2. The van der Waals surface area contributed by atoms with E-state index in [1.165, 1.54) is 19.3 Å². The molecule has 0 unspecified atom stereocenters. The second-order valence-corrected chi connectivity index (χ2v) is 11.5. The van der Waals surface area contributed by atoms with E-state index in [1.54, 1.807) is 7.11 Å². The van der Waals surface area contributed by atoms with Crippen LogP contribution in [0.5, 0.6) is 5.75 Å². The molecule has 0 aromatic heterocycles. The molecule has 0 atom stereocenters. The number of piperazine rings is 1. The molecular weight excluding hydrogens is 450 g/mol. The van der Waals surface area contributed by atoms with E-state index in [0.717, 1.165) is 67.1 Å². The summed E-state index contributed by atoms with van der Waals surface area (Å²) in [4.78, 5) is 30.6. The Hall–Kier alpha value is -3.02. The molecule has 5 aliphatic rings. The van der Waals surface area contributed by atoms with Gasteiger partial charge in [-0.15, -0.1) is 0 Å². The van der Waals surface area contributed by atoms with Crippen molar-refractivity contribution in [3.05, 3.63) is 59.7 Å². The van der Waals surface area contributed by atoms with Crippen LogP contribution in [0.15, 0.2) is 48.5 Å². The fraction of sp³-hybridized carbons (Fsp3) is 0.533. The van der Waals surface area contributed by atoms with Gasteiger partial charge in [0.2, 0.25) is 5.91 Å². The zero-order valence-electron chi connectivity index (χ0n) is 21.2. The van der Waals surface area contributed by atoms with Crippen LogP contribution in [0.4, 0.5) is 5.69 Å². The van der Waals surface area contributed by atoms with E-state index in [1.807, 2.05) is 47.4 Å². The van der Waals surface area contributed by atoms with Gasteiger partial charge in [-0.3, -0.25) is 9.59 Å². The summed E-state index contributed by atoms with van der Waals surface area (Å²) in [7, 11) is 1.69. The van der Waals surface area contributed by atoms with Gasteiger partial charge in [0.15, 0.2) is 0 Å². The van der Waals surface area contributed by atoms with Crippen LogP contribution < -0.4 is 15.0 Å². The van der Waals surface area contributed by atoms with E-state index in [9.17, 15) is 9.59 Å². The van der Waals surface area contributed by atoms with Crippen molar-refractivity contribution in [2.45, 2.75) is 45.1 Å². The van der Waals surface area contributed by atoms with Crippen LogP contribution in [-0.2, 0) is 11.3 Å². The number of nitrogens with one attached hydrogen (secondary N) is 1. The fourth-order valence-corrected chi connectivity index (χ4v) is 7.75. The summed E-state index contributed by atoms with van der Waals surface area (Å²) in [6.45, 7) is 3.45. The second-order valence-electron chi connectivity index (χ2n) is 11.5. The molecule has 5 fully saturated rings. The van der Waals surface area contributed by atoms with Gasteiger partial charge in [-0.1, -0.05) is 24.3 Å². The topological polar surface area (TPSA) is 61.9 Å². The number of para-hydroxylation sites is 2. The van der Waals surface area contributed by atoms with Crippen molar-refractivity contribution in [3.63, 3.8) is 0 Å². The average molecular weight is 488 g/mol. The first-order chi connectivity index (χ1) is 17.5. The minimum atomic E-state index is -0.115. The first-order valence-corrected chi connectivity index (χ1v) is 13.6. The monoisotopic (exact) mass is 487 g/mol. The lowest BCUT2D eigenvalue weighted by atomic mass is 9.49. The summed E-state index contributed by atoms with van der Waals surface area (Å²) < 4.78 is 5.50. The average Bonchev–Trinajstić information content (AvgIpc) is 2.91. The van der Waals surface area contributed by atoms with Gasteiger partial charge in [0.1, 0.15) is 5.75 Å². The van der Waals surface area contributed by atoms with Gasteiger partial charge in [0, 0.05) is 43.7 Å². The number of hydrogen-bond donors (Lipinski definition) is 1. The molecule has 0 spiro atoms. The molecule has 2 aromatic rings. The molecule has 4 saturated carbocycles. The normalized spacial score (nSPS) is 28.8. The minimum absolute atomic E-state index is 0.0684. The lowest BCUT2D eigenvalue weighted by Crippen LogP contribution is -2.53. The minimum Gasteiger partial charge on any atom is -0.495 e. The standard InChI is InChI=1S/C30H37N3O3/c1-36-27-5-3-2-4-26(27)32-10-12-33(13-11-32)28(34)25-8-6-21(7-9-25)20-31-29(35)30-17-22-14-23(18-30)16-24(15-22)19-30/h2-9,22-24H,10-20H2,1H3,(H,31,35). The van der Waals surface area contributed by atoms with E-state index < -0.39 is 0 Å². The summed E-state index contributed by atoms with van der Waals surface area (Å²) in [6, 6.07) is 15.8. The largest absolute Gasteiger partial charge is 0.495 e. The van der Waals surface area contributed by atoms with E-state index in [4.69, 9.17) is 4.74 Å². The van der Waals surface area contributed by atoms with Crippen LogP contribution in [-0.4, -0.2) is 50.0 Å². The fourth-order valence-electron chi connectivity index (χ4n) is 7.75. The zero-order valence-corrected chi connectivity index (χ0v) is 21.2. The zero-order chi connectivity index (χ0) is 24.7. The predicted octanol–water partition coefficient (Wildman–Crippen LogP) is 4.49. The third kappa shape index (κ3) is 4.35. The molecule has 6 heteroatoms. The molecule has 4 aliphatic carbocycles. The lowest BCUT2D eigenvalue weighted by Gasteiger charge is -2.55. The first-order valence-electron chi connectivity index (χ1n) is 13.6. The lowest BCUT2D eigenvalue weighted by molar-refractivity contribution is -0.146. The van der Waals surface area contributed by atoms with Gasteiger partial charge in [-0.05, 0) is 86.1 Å². The highest BCUT2D eigenvalue weighted by atomic mass is 16.5. The molecule has 2 amide bonds. The number of carbonyl (C=O) groups excluding carboxylic acids is 2. The number of methoxy groups -OCH3 is 1. The molecule has 36 heavy (non-hydrogen) atoms. The molecular formula is C30H37N3O3. The highest BCUT2D eigenvalue weighted by Gasteiger charge is 2.54. The van der Waals surface area contributed by atoms with E-state index in [-0.39, 0.29) is 17.2 Å².